The lowest BCUT2D eigenvalue weighted by atomic mass is 9.77. The fourth-order valence-corrected chi connectivity index (χ4v) is 3.76. The van der Waals surface area contributed by atoms with Gasteiger partial charge in [0.2, 0.25) is 0 Å². The summed E-state index contributed by atoms with van der Waals surface area (Å²) >= 11 is 5.93. The molecule has 0 N–H and O–H groups in total. The van der Waals surface area contributed by atoms with E-state index in [2.05, 4.69) is 16.5 Å². The van der Waals surface area contributed by atoms with Crippen molar-refractivity contribution in [3.8, 4) is 11.4 Å². The van der Waals surface area contributed by atoms with Crippen LogP contribution in [0, 0.1) is 5.92 Å². The predicted molar refractivity (Wildman–Crippen MR) is 101 cm³/mol. The zero-order valence-corrected chi connectivity index (χ0v) is 14.9. The minimum atomic E-state index is 0.625. The molecule has 0 unspecified atom stereocenters. The summed E-state index contributed by atoms with van der Waals surface area (Å²) in [6.45, 7) is 3.81. The number of hydrogen-bond acceptors (Lipinski definition) is 2. The van der Waals surface area contributed by atoms with Crippen LogP contribution in [-0.2, 0) is 0 Å². The van der Waals surface area contributed by atoms with Crippen molar-refractivity contribution in [2.45, 2.75) is 50.9 Å². The summed E-state index contributed by atoms with van der Waals surface area (Å²) in [4.78, 5) is 9.14. The number of aromatic nitrogens is 2. The fourth-order valence-electron chi connectivity index (χ4n) is 3.63. The molecule has 0 aliphatic heterocycles. The smallest absolute Gasteiger partial charge is 0.159 e. The normalized spacial score (nSPS) is 20.7. The Morgan fingerprint density at radius 2 is 1.71 bits per heavy atom. The van der Waals surface area contributed by atoms with Gasteiger partial charge in [0.25, 0.3) is 0 Å². The third-order valence-electron chi connectivity index (χ3n) is 5.11. The average molecular weight is 341 g/mol. The summed E-state index contributed by atoms with van der Waals surface area (Å²) in [5.41, 5.74) is 2.30. The molecule has 1 heterocycles. The molecule has 1 aromatic carbocycles. The number of allylic oxidation sites excluding steroid dienone is 1. The first-order valence-corrected chi connectivity index (χ1v) is 9.33. The first-order valence-electron chi connectivity index (χ1n) is 8.95. The van der Waals surface area contributed by atoms with Crippen LogP contribution in [-0.4, -0.2) is 9.97 Å². The largest absolute Gasteiger partial charge is 0.236 e. The highest BCUT2D eigenvalue weighted by atomic mass is 35.5. The van der Waals surface area contributed by atoms with E-state index in [1.807, 2.05) is 42.7 Å². The van der Waals surface area contributed by atoms with Gasteiger partial charge in [0.05, 0.1) is 0 Å². The topological polar surface area (TPSA) is 25.8 Å². The Morgan fingerprint density at radius 1 is 1.04 bits per heavy atom. The summed E-state index contributed by atoms with van der Waals surface area (Å²) in [6.07, 6.45) is 15.1. The molecular formula is C21H25ClN2. The molecule has 0 saturated heterocycles. The molecule has 1 aliphatic rings. The number of halogens is 1. The van der Waals surface area contributed by atoms with Gasteiger partial charge in [-0.1, -0.05) is 24.1 Å². The highest BCUT2D eigenvalue weighted by molar-refractivity contribution is 6.30. The van der Waals surface area contributed by atoms with Gasteiger partial charge in [0, 0.05) is 23.0 Å². The first-order chi connectivity index (χ1) is 11.8. The Balaban J connectivity index is 1.56. The first kappa shape index (κ1) is 17.2. The molecule has 3 heteroatoms. The average Bonchev–Trinajstić information content (AvgIpc) is 2.63. The third kappa shape index (κ3) is 4.45. The number of hydrogen-bond donors (Lipinski definition) is 0. The fraction of sp³-hybridized carbons (Fsp3) is 0.429. The molecule has 1 aliphatic carbocycles. The molecule has 0 bridgehead atoms. The van der Waals surface area contributed by atoms with Gasteiger partial charge in [0.1, 0.15) is 0 Å². The lowest BCUT2D eigenvalue weighted by Gasteiger charge is -2.28. The molecule has 1 saturated carbocycles. The molecule has 0 amide bonds. The summed E-state index contributed by atoms with van der Waals surface area (Å²) in [6, 6.07) is 7.68. The SMILES string of the molecule is C=CCCCC1CCC(c2cnc(-c3ccc(Cl)cc3)nc2)CC1. The minimum absolute atomic E-state index is 0.625. The lowest BCUT2D eigenvalue weighted by Crippen LogP contribution is -2.13. The van der Waals surface area contributed by atoms with E-state index in [9.17, 15) is 0 Å². The van der Waals surface area contributed by atoms with Crippen molar-refractivity contribution in [3.05, 3.63) is 59.9 Å². The lowest BCUT2D eigenvalue weighted by molar-refractivity contribution is 0.305. The summed E-state index contributed by atoms with van der Waals surface area (Å²) < 4.78 is 0. The zero-order chi connectivity index (χ0) is 16.8. The molecule has 2 aromatic rings. The molecule has 1 fully saturated rings. The maximum absolute atomic E-state index is 5.93. The Bertz CT molecular complexity index is 641. The van der Waals surface area contributed by atoms with Gasteiger partial charge in [-0.3, -0.25) is 0 Å². The molecule has 126 valence electrons. The molecule has 0 spiro atoms. The second-order valence-corrected chi connectivity index (χ2v) is 7.22. The second-order valence-electron chi connectivity index (χ2n) is 6.78. The van der Waals surface area contributed by atoms with Crippen LogP contribution in [0.2, 0.25) is 5.02 Å². The minimum Gasteiger partial charge on any atom is -0.236 e. The molecule has 24 heavy (non-hydrogen) atoms. The summed E-state index contributed by atoms with van der Waals surface area (Å²) in [5, 5.41) is 0.736. The third-order valence-corrected chi connectivity index (χ3v) is 5.36. The van der Waals surface area contributed by atoms with Crippen LogP contribution in [0.3, 0.4) is 0 Å². The van der Waals surface area contributed by atoms with E-state index < -0.39 is 0 Å². The van der Waals surface area contributed by atoms with Crippen LogP contribution in [0.15, 0.2) is 49.3 Å². The number of benzene rings is 1. The van der Waals surface area contributed by atoms with Gasteiger partial charge < -0.3 is 0 Å². The summed E-state index contributed by atoms with van der Waals surface area (Å²) in [5.74, 6) is 2.30. The molecule has 0 radical (unpaired) electrons. The van der Waals surface area contributed by atoms with Crippen LogP contribution in [0.1, 0.15) is 56.4 Å². The van der Waals surface area contributed by atoms with Crippen molar-refractivity contribution >= 4 is 11.6 Å². The Morgan fingerprint density at radius 3 is 2.33 bits per heavy atom. The maximum Gasteiger partial charge on any atom is 0.159 e. The van der Waals surface area contributed by atoms with Gasteiger partial charge in [-0.05, 0) is 80.2 Å². The highest BCUT2D eigenvalue weighted by Gasteiger charge is 2.22. The van der Waals surface area contributed by atoms with E-state index in [0.29, 0.717) is 5.92 Å². The molecule has 2 nitrogen and oxygen atoms in total. The monoisotopic (exact) mass is 340 g/mol. The van der Waals surface area contributed by atoms with E-state index in [0.717, 1.165) is 28.7 Å². The van der Waals surface area contributed by atoms with E-state index in [1.165, 1.54) is 44.1 Å². The number of nitrogens with zero attached hydrogens (tertiary/aromatic N) is 2. The molecule has 1 aromatic heterocycles. The van der Waals surface area contributed by atoms with Crippen LogP contribution in [0.4, 0.5) is 0 Å². The van der Waals surface area contributed by atoms with Gasteiger partial charge in [-0.15, -0.1) is 6.58 Å². The number of rotatable bonds is 6. The predicted octanol–water partition coefficient (Wildman–Crippen LogP) is 6.43. The van der Waals surface area contributed by atoms with Gasteiger partial charge in [-0.25, -0.2) is 9.97 Å². The Labute approximate surface area is 150 Å². The van der Waals surface area contributed by atoms with E-state index in [1.54, 1.807) is 0 Å². The van der Waals surface area contributed by atoms with Crippen molar-refractivity contribution in [3.63, 3.8) is 0 Å². The van der Waals surface area contributed by atoms with Crippen molar-refractivity contribution in [2.24, 2.45) is 5.92 Å². The van der Waals surface area contributed by atoms with Gasteiger partial charge >= 0.3 is 0 Å². The van der Waals surface area contributed by atoms with E-state index in [-0.39, 0.29) is 0 Å². The van der Waals surface area contributed by atoms with Crippen LogP contribution >= 0.6 is 11.6 Å². The van der Waals surface area contributed by atoms with Crippen molar-refractivity contribution < 1.29 is 0 Å². The van der Waals surface area contributed by atoms with Crippen molar-refractivity contribution in [1.29, 1.82) is 0 Å². The van der Waals surface area contributed by atoms with Crippen LogP contribution in [0.5, 0.6) is 0 Å². The van der Waals surface area contributed by atoms with E-state index >= 15 is 0 Å². The summed E-state index contributed by atoms with van der Waals surface area (Å²) in [7, 11) is 0. The van der Waals surface area contributed by atoms with Gasteiger partial charge in [-0.2, -0.15) is 0 Å². The van der Waals surface area contributed by atoms with Gasteiger partial charge in [0.15, 0.2) is 5.82 Å². The highest BCUT2D eigenvalue weighted by Crippen LogP contribution is 2.37. The molecule has 0 atom stereocenters. The molecule has 3 rings (SSSR count). The van der Waals surface area contributed by atoms with Crippen molar-refractivity contribution in [2.75, 3.05) is 0 Å². The van der Waals surface area contributed by atoms with Crippen LogP contribution in [0.25, 0.3) is 11.4 Å². The zero-order valence-electron chi connectivity index (χ0n) is 14.1. The standard InChI is InChI=1S/C21H25ClN2/c1-2-3-4-5-16-6-8-17(9-7-16)19-14-23-21(24-15-19)18-10-12-20(22)13-11-18/h2,10-17H,1,3-9H2. The maximum atomic E-state index is 5.93. The number of unbranched alkanes of at least 4 members (excludes halogenated alkanes) is 1. The Kier molecular flexibility index (Phi) is 6.03. The van der Waals surface area contributed by atoms with E-state index in [4.69, 9.17) is 11.6 Å². The quantitative estimate of drug-likeness (QED) is 0.447. The van der Waals surface area contributed by atoms with Crippen LogP contribution < -0.4 is 0 Å². The molecular weight excluding hydrogens is 316 g/mol. The van der Waals surface area contributed by atoms with Crippen molar-refractivity contribution in [1.82, 2.24) is 9.97 Å². The Hall–Kier alpha value is -1.67. The second kappa shape index (κ2) is 8.43.